The van der Waals surface area contributed by atoms with Gasteiger partial charge in [0.2, 0.25) is 5.91 Å². The maximum Gasteiger partial charge on any atom is 0.227 e. The highest BCUT2D eigenvalue weighted by atomic mass is 16.2. The van der Waals surface area contributed by atoms with Crippen molar-refractivity contribution in [1.82, 2.24) is 9.55 Å². The largest absolute Gasteiger partial charge is 0.328 e. The molecule has 146 valence electrons. The van der Waals surface area contributed by atoms with Gasteiger partial charge in [-0.05, 0) is 55.7 Å². The van der Waals surface area contributed by atoms with E-state index < -0.39 is 0 Å². The molecular formula is C24H29N3O. The monoisotopic (exact) mass is 375 g/mol. The van der Waals surface area contributed by atoms with Gasteiger partial charge < -0.3 is 9.47 Å². The third-order valence-corrected chi connectivity index (χ3v) is 5.68. The van der Waals surface area contributed by atoms with Crippen LogP contribution in [0.15, 0.2) is 42.5 Å². The number of imidazole rings is 1. The summed E-state index contributed by atoms with van der Waals surface area (Å²) in [6.45, 7) is 8.07. The number of hydrogen-bond donors (Lipinski definition) is 0. The molecule has 2 aromatic carbocycles. The van der Waals surface area contributed by atoms with Gasteiger partial charge in [-0.3, -0.25) is 4.79 Å². The number of benzene rings is 2. The second kappa shape index (κ2) is 7.78. The summed E-state index contributed by atoms with van der Waals surface area (Å²) in [6, 6.07) is 14.7. The minimum atomic E-state index is 0.141. The average molecular weight is 376 g/mol. The molecule has 0 radical (unpaired) electrons. The number of hydrogen-bond acceptors (Lipinski definition) is 2. The van der Waals surface area contributed by atoms with Gasteiger partial charge in [-0.25, -0.2) is 4.98 Å². The van der Waals surface area contributed by atoms with Crippen molar-refractivity contribution in [2.24, 2.45) is 0 Å². The number of carbonyl (C=O) groups is 1. The predicted molar refractivity (Wildman–Crippen MR) is 115 cm³/mol. The van der Waals surface area contributed by atoms with Crippen LogP contribution in [0.2, 0.25) is 0 Å². The molecule has 4 nitrogen and oxygen atoms in total. The van der Waals surface area contributed by atoms with Crippen LogP contribution in [-0.2, 0) is 11.3 Å². The Morgan fingerprint density at radius 1 is 1.07 bits per heavy atom. The summed E-state index contributed by atoms with van der Waals surface area (Å²) in [6.07, 6.45) is 4.09. The highest BCUT2D eigenvalue weighted by molar-refractivity contribution is 5.96. The Bertz CT molecular complexity index is 984. The summed E-state index contributed by atoms with van der Waals surface area (Å²) in [4.78, 5) is 19.8. The lowest BCUT2D eigenvalue weighted by Crippen LogP contribution is -2.24. The van der Waals surface area contributed by atoms with Crippen LogP contribution in [0.5, 0.6) is 0 Å². The zero-order valence-electron chi connectivity index (χ0n) is 17.1. The fourth-order valence-electron chi connectivity index (χ4n) is 4.40. The molecule has 0 aliphatic carbocycles. The molecule has 0 saturated carbocycles. The number of aromatic nitrogens is 2. The number of rotatable bonds is 6. The van der Waals surface area contributed by atoms with Crippen molar-refractivity contribution in [2.45, 2.75) is 58.9 Å². The van der Waals surface area contributed by atoms with Crippen LogP contribution in [0.4, 0.5) is 5.69 Å². The van der Waals surface area contributed by atoms with E-state index >= 15 is 0 Å². The quantitative estimate of drug-likeness (QED) is 0.544. The van der Waals surface area contributed by atoms with E-state index in [1.54, 1.807) is 0 Å². The van der Waals surface area contributed by atoms with Crippen LogP contribution in [-0.4, -0.2) is 22.0 Å². The molecule has 1 fully saturated rings. The Morgan fingerprint density at radius 2 is 1.82 bits per heavy atom. The van der Waals surface area contributed by atoms with Crippen molar-refractivity contribution in [3.05, 3.63) is 59.4 Å². The van der Waals surface area contributed by atoms with Gasteiger partial charge in [-0.2, -0.15) is 0 Å². The highest BCUT2D eigenvalue weighted by Crippen LogP contribution is 2.34. The Kier molecular flexibility index (Phi) is 5.21. The highest BCUT2D eigenvalue weighted by Gasteiger charge is 2.34. The van der Waals surface area contributed by atoms with E-state index in [-0.39, 0.29) is 11.8 Å². The van der Waals surface area contributed by atoms with Gasteiger partial charge in [0.15, 0.2) is 0 Å². The first kappa shape index (κ1) is 18.7. The van der Waals surface area contributed by atoms with Crippen LogP contribution in [0.1, 0.15) is 55.5 Å². The van der Waals surface area contributed by atoms with Gasteiger partial charge in [0.05, 0.1) is 11.0 Å². The second-order valence-electron chi connectivity index (χ2n) is 8.07. The molecule has 4 heteroatoms. The molecule has 1 aliphatic rings. The molecule has 1 saturated heterocycles. The molecule has 3 aromatic rings. The Balaban J connectivity index is 1.66. The fraction of sp³-hybridized carbons (Fsp3) is 0.417. The third kappa shape index (κ3) is 3.56. The smallest absolute Gasteiger partial charge is 0.227 e. The zero-order chi connectivity index (χ0) is 19.7. The molecule has 0 bridgehead atoms. The molecule has 0 spiro atoms. The number of nitrogens with zero attached hydrogens (tertiary/aromatic N) is 3. The lowest BCUT2D eigenvalue weighted by atomic mass is 10.1. The van der Waals surface area contributed by atoms with Gasteiger partial charge in [-0.15, -0.1) is 0 Å². The molecule has 0 unspecified atom stereocenters. The average Bonchev–Trinajstić information content (AvgIpc) is 3.22. The van der Waals surface area contributed by atoms with E-state index in [2.05, 4.69) is 61.7 Å². The number of unbranched alkanes of at least 4 members (excludes halogenated alkanes) is 2. The predicted octanol–water partition coefficient (Wildman–Crippen LogP) is 5.36. The summed E-state index contributed by atoms with van der Waals surface area (Å²) in [5, 5.41) is 0. The SMILES string of the molecule is CCCCCn1c([C@H]2CC(=O)N(c3cc(C)cc(C)c3)C2)nc2ccccc21. The molecular weight excluding hydrogens is 346 g/mol. The molecule has 1 amide bonds. The zero-order valence-corrected chi connectivity index (χ0v) is 17.1. The van der Waals surface area contributed by atoms with E-state index in [9.17, 15) is 4.79 Å². The summed E-state index contributed by atoms with van der Waals surface area (Å²) in [7, 11) is 0. The van der Waals surface area contributed by atoms with E-state index in [1.165, 1.54) is 29.5 Å². The first-order valence-corrected chi connectivity index (χ1v) is 10.4. The van der Waals surface area contributed by atoms with E-state index in [1.807, 2.05) is 11.0 Å². The third-order valence-electron chi connectivity index (χ3n) is 5.68. The number of fused-ring (bicyclic) bond motifs is 1. The first-order chi connectivity index (χ1) is 13.6. The summed E-state index contributed by atoms with van der Waals surface area (Å²) in [5.74, 6) is 1.40. The van der Waals surface area contributed by atoms with Crippen LogP contribution in [0.25, 0.3) is 11.0 Å². The molecule has 2 heterocycles. The molecule has 4 rings (SSSR count). The van der Waals surface area contributed by atoms with Gasteiger partial charge in [0.1, 0.15) is 5.82 Å². The molecule has 0 N–H and O–H groups in total. The lowest BCUT2D eigenvalue weighted by molar-refractivity contribution is -0.117. The van der Waals surface area contributed by atoms with Crippen molar-refractivity contribution >= 4 is 22.6 Å². The molecule has 1 atom stereocenters. The van der Waals surface area contributed by atoms with Crippen LogP contribution in [0, 0.1) is 13.8 Å². The lowest BCUT2D eigenvalue weighted by Gasteiger charge is -2.18. The number of anilines is 1. The van der Waals surface area contributed by atoms with E-state index in [0.29, 0.717) is 13.0 Å². The molecule has 28 heavy (non-hydrogen) atoms. The standard InChI is InChI=1S/C24H29N3O/c1-4-5-8-11-26-22-10-7-6-9-21(22)25-24(26)19-15-23(28)27(16-19)20-13-17(2)12-18(3)14-20/h6-7,9-10,12-14,19H,4-5,8,11,15-16H2,1-3H3/t19-/m0/s1. The maximum atomic E-state index is 12.9. The Morgan fingerprint density at radius 3 is 2.57 bits per heavy atom. The van der Waals surface area contributed by atoms with Crippen molar-refractivity contribution < 1.29 is 4.79 Å². The minimum Gasteiger partial charge on any atom is -0.328 e. The minimum absolute atomic E-state index is 0.141. The summed E-state index contributed by atoms with van der Waals surface area (Å²) >= 11 is 0. The molecule has 1 aromatic heterocycles. The van der Waals surface area contributed by atoms with Crippen LogP contribution in [0.3, 0.4) is 0 Å². The first-order valence-electron chi connectivity index (χ1n) is 10.4. The van der Waals surface area contributed by atoms with Gasteiger partial charge in [-0.1, -0.05) is 38.0 Å². The van der Waals surface area contributed by atoms with Gasteiger partial charge >= 0.3 is 0 Å². The Labute approximate surface area is 167 Å². The summed E-state index contributed by atoms with van der Waals surface area (Å²) < 4.78 is 2.36. The number of para-hydroxylation sites is 2. The number of carbonyl (C=O) groups excluding carboxylic acids is 1. The fourth-order valence-corrected chi connectivity index (χ4v) is 4.40. The van der Waals surface area contributed by atoms with E-state index in [0.717, 1.165) is 30.0 Å². The van der Waals surface area contributed by atoms with Crippen LogP contribution < -0.4 is 4.90 Å². The van der Waals surface area contributed by atoms with Crippen molar-refractivity contribution in [1.29, 1.82) is 0 Å². The van der Waals surface area contributed by atoms with Crippen molar-refractivity contribution in [2.75, 3.05) is 11.4 Å². The maximum absolute atomic E-state index is 12.9. The summed E-state index contributed by atoms with van der Waals surface area (Å²) in [5.41, 5.74) is 5.62. The number of aryl methyl sites for hydroxylation is 3. The van der Waals surface area contributed by atoms with E-state index in [4.69, 9.17) is 4.98 Å². The van der Waals surface area contributed by atoms with Crippen molar-refractivity contribution in [3.8, 4) is 0 Å². The van der Waals surface area contributed by atoms with Gasteiger partial charge in [0.25, 0.3) is 0 Å². The van der Waals surface area contributed by atoms with Crippen LogP contribution >= 0.6 is 0 Å². The number of amides is 1. The van der Waals surface area contributed by atoms with Gasteiger partial charge in [0, 0.05) is 31.1 Å². The second-order valence-corrected chi connectivity index (χ2v) is 8.07. The van der Waals surface area contributed by atoms with Crippen molar-refractivity contribution in [3.63, 3.8) is 0 Å². The normalized spacial score (nSPS) is 17.0. The Hall–Kier alpha value is -2.62. The molecule has 1 aliphatic heterocycles. The topological polar surface area (TPSA) is 38.1 Å².